The fraction of sp³-hybridized carbons (Fsp3) is 0.263. The van der Waals surface area contributed by atoms with Crippen LogP contribution in [0.4, 0.5) is 0 Å². The highest BCUT2D eigenvalue weighted by atomic mass is 79.9. The minimum Gasteiger partial charge on any atom is -0.339 e. The molecule has 5 heteroatoms. The Balaban J connectivity index is 1.76. The number of hydrogen-bond acceptors (Lipinski definition) is 2. The van der Waals surface area contributed by atoms with E-state index >= 15 is 0 Å². The summed E-state index contributed by atoms with van der Waals surface area (Å²) in [6, 6.07) is 14.1. The van der Waals surface area contributed by atoms with Gasteiger partial charge in [0.1, 0.15) is 0 Å². The molecule has 0 atom stereocenters. The lowest BCUT2D eigenvalue weighted by Gasteiger charge is -2.26. The zero-order chi connectivity index (χ0) is 16.5. The second kappa shape index (κ2) is 6.40. The SMILES string of the molecule is O=C(c1cnn2c(-c3ccc(Br)cc3)cccc12)N1CCCCC1. The van der Waals surface area contributed by atoms with Crippen LogP contribution in [0.5, 0.6) is 0 Å². The van der Waals surface area contributed by atoms with Crippen molar-refractivity contribution in [1.82, 2.24) is 14.5 Å². The number of rotatable bonds is 2. The number of nitrogens with zero attached hydrogens (tertiary/aromatic N) is 3. The monoisotopic (exact) mass is 383 g/mol. The number of carbonyl (C=O) groups excluding carboxylic acids is 1. The van der Waals surface area contributed by atoms with E-state index in [9.17, 15) is 4.79 Å². The molecule has 2 aromatic heterocycles. The zero-order valence-electron chi connectivity index (χ0n) is 13.3. The number of fused-ring (bicyclic) bond motifs is 1. The molecule has 1 aliphatic heterocycles. The van der Waals surface area contributed by atoms with E-state index in [4.69, 9.17) is 0 Å². The van der Waals surface area contributed by atoms with E-state index < -0.39 is 0 Å². The summed E-state index contributed by atoms with van der Waals surface area (Å²) in [4.78, 5) is 14.8. The van der Waals surface area contributed by atoms with Crippen molar-refractivity contribution in [3.63, 3.8) is 0 Å². The van der Waals surface area contributed by atoms with Crippen molar-refractivity contribution in [3.8, 4) is 11.3 Å². The van der Waals surface area contributed by atoms with Gasteiger partial charge in [0, 0.05) is 23.1 Å². The first-order valence-electron chi connectivity index (χ1n) is 8.26. The van der Waals surface area contributed by atoms with Gasteiger partial charge in [-0.2, -0.15) is 5.10 Å². The molecule has 0 saturated carbocycles. The molecule has 3 aromatic rings. The molecule has 1 saturated heterocycles. The number of hydrogen-bond donors (Lipinski definition) is 0. The molecule has 4 nitrogen and oxygen atoms in total. The van der Waals surface area contributed by atoms with Crippen LogP contribution >= 0.6 is 15.9 Å². The molecule has 0 spiro atoms. The third kappa shape index (κ3) is 2.73. The number of likely N-dealkylation sites (tertiary alicyclic amines) is 1. The summed E-state index contributed by atoms with van der Waals surface area (Å²) >= 11 is 3.46. The van der Waals surface area contributed by atoms with Crippen molar-refractivity contribution in [2.45, 2.75) is 19.3 Å². The van der Waals surface area contributed by atoms with Crippen LogP contribution in [0.15, 0.2) is 53.1 Å². The number of aromatic nitrogens is 2. The fourth-order valence-corrected chi connectivity index (χ4v) is 3.55. The number of piperidine rings is 1. The second-order valence-corrected chi connectivity index (χ2v) is 7.04. The van der Waals surface area contributed by atoms with Crippen LogP contribution in [0.2, 0.25) is 0 Å². The number of halogens is 1. The van der Waals surface area contributed by atoms with Crippen LogP contribution < -0.4 is 0 Å². The quantitative estimate of drug-likeness (QED) is 0.657. The minimum atomic E-state index is 0.0951. The Bertz CT molecular complexity index is 879. The fourth-order valence-electron chi connectivity index (χ4n) is 3.28. The highest BCUT2D eigenvalue weighted by Crippen LogP contribution is 2.25. The van der Waals surface area contributed by atoms with Gasteiger partial charge in [0.2, 0.25) is 0 Å². The Hall–Kier alpha value is -2.14. The van der Waals surface area contributed by atoms with Crippen molar-refractivity contribution >= 4 is 27.4 Å². The van der Waals surface area contributed by atoms with E-state index in [2.05, 4.69) is 21.0 Å². The van der Waals surface area contributed by atoms with E-state index in [1.54, 1.807) is 6.20 Å². The molecule has 0 N–H and O–H groups in total. The van der Waals surface area contributed by atoms with Crippen LogP contribution in [0.3, 0.4) is 0 Å². The lowest BCUT2D eigenvalue weighted by atomic mass is 10.1. The minimum absolute atomic E-state index is 0.0951. The Morgan fingerprint density at radius 2 is 1.75 bits per heavy atom. The Morgan fingerprint density at radius 3 is 2.50 bits per heavy atom. The molecule has 4 rings (SSSR count). The average molecular weight is 384 g/mol. The van der Waals surface area contributed by atoms with E-state index in [0.29, 0.717) is 5.56 Å². The number of amides is 1. The third-order valence-electron chi connectivity index (χ3n) is 4.56. The lowest BCUT2D eigenvalue weighted by Crippen LogP contribution is -2.35. The first-order valence-corrected chi connectivity index (χ1v) is 9.05. The topological polar surface area (TPSA) is 37.6 Å². The van der Waals surface area contributed by atoms with Crippen molar-refractivity contribution in [2.75, 3.05) is 13.1 Å². The molecule has 1 amide bonds. The predicted octanol–water partition coefficient (Wildman–Crippen LogP) is 4.39. The first-order chi connectivity index (χ1) is 11.7. The standard InChI is InChI=1S/C19H18BrN3O/c20-15-9-7-14(8-10-15)17-5-4-6-18-16(13-21-23(17)18)19(24)22-11-2-1-3-12-22/h4-10,13H,1-3,11-12H2. The van der Waals surface area contributed by atoms with Crippen molar-refractivity contribution in [2.24, 2.45) is 0 Å². The number of pyridine rings is 1. The highest BCUT2D eigenvalue weighted by molar-refractivity contribution is 9.10. The van der Waals surface area contributed by atoms with Gasteiger partial charge in [-0.15, -0.1) is 0 Å². The van der Waals surface area contributed by atoms with Gasteiger partial charge in [0.05, 0.1) is 23.0 Å². The van der Waals surface area contributed by atoms with Gasteiger partial charge in [0.25, 0.3) is 5.91 Å². The Morgan fingerprint density at radius 1 is 1.00 bits per heavy atom. The summed E-state index contributed by atoms with van der Waals surface area (Å²) in [6.45, 7) is 1.70. The molecule has 1 fully saturated rings. The van der Waals surface area contributed by atoms with Crippen LogP contribution in [0, 0.1) is 0 Å². The number of benzene rings is 1. The summed E-state index contributed by atoms with van der Waals surface area (Å²) in [5, 5.41) is 4.49. The lowest BCUT2D eigenvalue weighted by molar-refractivity contribution is 0.0726. The molecular formula is C19H18BrN3O. The molecule has 0 bridgehead atoms. The second-order valence-electron chi connectivity index (χ2n) is 6.13. The molecular weight excluding hydrogens is 366 g/mol. The zero-order valence-corrected chi connectivity index (χ0v) is 14.9. The third-order valence-corrected chi connectivity index (χ3v) is 5.09. The van der Waals surface area contributed by atoms with Gasteiger partial charge in [-0.25, -0.2) is 4.52 Å². The van der Waals surface area contributed by atoms with Gasteiger partial charge in [-0.3, -0.25) is 4.79 Å². The smallest absolute Gasteiger partial charge is 0.257 e. The normalized spacial score (nSPS) is 15.0. The van der Waals surface area contributed by atoms with Crippen molar-refractivity contribution < 1.29 is 4.79 Å². The first kappa shape index (κ1) is 15.4. The van der Waals surface area contributed by atoms with E-state index in [1.165, 1.54) is 6.42 Å². The molecule has 3 heterocycles. The summed E-state index contributed by atoms with van der Waals surface area (Å²) in [6.07, 6.45) is 5.10. The van der Waals surface area contributed by atoms with Crippen LogP contribution in [-0.2, 0) is 0 Å². The predicted molar refractivity (Wildman–Crippen MR) is 98.1 cm³/mol. The molecule has 122 valence electrons. The van der Waals surface area contributed by atoms with Crippen molar-refractivity contribution in [1.29, 1.82) is 0 Å². The van der Waals surface area contributed by atoms with Gasteiger partial charge >= 0.3 is 0 Å². The summed E-state index contributed by atoms with van der Waals surface area (Å²) < 4.78 is 2.90. The van der Waals surface area contributed by atoms with Gasteiger partial charge < -0.3 is 4.90 Å². The van der Waals surface area contributed by atoms with Gasteiger partial charge in [-0.05, 0) is 43.5 Å². The maximum atomic E-state index is 12.8. The molecule has 0 aliphatic carbocycles. The van der Waals surface area contributed by atoms with Gasteiger partial charge in [0.15, 0.2) is 0 Å². The molecule has 24 heavy (non-hydrogen) atoms. The average Bonchev–Trinajstić information content (AvgIpc) is 3.07. The Kier molecular flexibility index (Phi) is 4.10. The highest BCUT2D eigenvalue weighted by Gasteiger charge is 2.22. The van der Waals surface area contributed by atoms with Gasteiger partial charge in [-0.1, -0.05) is 34.1 Å². The van der Waals surface area contributed by atoms with Crippen molar-refractivity contribution in [3.05, 3.63) is 58.7 Å². The van der Waals surface area contributed by atoms with Crippen LogP contribution in [0.25, 0.3) is 16.8 Å². The molecule has 1 aromatic carbocycles. The Labute approximate surface area is 149 Å². The van der Waals surface area contributed by atoms with Crippen LogP contribution in [0.1, 0.15) is 29.6 Å². The van der Waals surface area contributed by atoms with E-state index in [1.807, 2.05) is 51.9 Å². The number of carbonyl (C=O) groups is 1. The maximum Gasteiger partial charge on any atom is 0.257 e. The largest absolute Gasteiger partial charge is 0.339 e. The molecule has 0 unspecified atom stereocenters. The summed E-state index contributed by atoms with van der Waals surface area (Å²) in [5.41, 5.74) is 3.61. The van der Waals surface area contributed by atoms with E-state index in [-0.39, 0.29) is 5.91 Å². The summed E-state index contributed by atoms with van der Waals surface area (Å²) in [7, 11) is 0. The van der Waals surface area contributed by atoms with E-state index in [0.717, 1.165) is 47.2 Å². The molecule has 0 radical (unpaired) electrons. The molecule has 1 aliphatic rings. The van der Waals surface area contributed by atoms with Crippen LogP contribution in [-0.4, -0.2) is 33.5 Å². The maximum absolute atomic E-state index is 12.8. The summed E-state index contributed by atoms with van der Waals surface area (Å²) in [5.74, 6) is 0.0951.